The number of methoxy groups -OCH3 is 1. The summed E-state index contributed by atoms with van der Waals surface area (Å²) >= 11 is 0. The average molecular weight is 332 g/mol. The monoisotopic (exact) mass is 332 g/mol. The molecular formula is C21H20N2O2. The molecule has 4 heteroatoms. The molecule has 0 spiro atoms. The van der Waals surface area contributed by atoms with Crippen molar-refractivity contribution < 1.29 is 9.47 Å². The van der Waals surface area contributed by atoms with Gasteiger partial charge in [0, 0.05) is 16.6 Å². The first-order chi connectivity index (χ1) is 12.3. The molecule has 0 fully saturated rings. The third kappa shape index (κ3) is 2.80. The van der Waals surface area contributed by atoms with Crippen LogP contribution in [0.4, 0.5) is 11.4 Å². The van der Waals surface area contributed by atoms with Gasteiger partial charge in [0.2, 0.25) is 0 Å². The zero-order valence-corrected chi connectivity index (χ0v) is 14.4. The Bertz CT molecular complexity index is 958. The van der Waals surface area contributed by atoms with Gasteiger partial charge in [0.1, 0.15) is 5.84 Å². The normalized spacial score (nSPS) is 12.5. The van der Waals surface area contributed by atoms with Gasteiger partial charge < -0.3 is 14.8 Å². The van der Waals surface area contributed by atoms with Crippen LogP contribution in [0.1, 0.15) is 18.9 Å². The minimum absolute atomic E-state index is 0.655. The number of nitrogens with one attached hydrogen (secondary N) is 1. The molecule has 1 aliphatic heterocycles. The standard InChI is InChI=1S/C21H20N2O2/c1-3-12-25-19-13-15(10-11-18(19)24-2)21-22-16-8-4-6-14-7-5-9-17(23-21)20(14)16/h4-11,13H,3,12H2,1-2H3,(H,22,23). The molecule has 0 aromatic heterocycles. The van der Waals surface area contributed by atoms with Crippen LogP contribution in [0.15, 0.2) is 59.6 Å². The SMILES string of the molecule is CCCOc1cc(C2=Nc3cccc4cccc(c34)N2)ccc1OC. The second kappa shape index (κ2) is 6.48. The van der Waals surface area contributed by atoms with Crippen molar-refractivity contribution in [2.75, 3.05) is 19.0 Å². The summed E-state index contributed by atoms with van der Waals surface area (Å²) in [5.74, 6) is 2.29. The van der Waals surface area contributed by atoms with Gasteiger partial charge in [-0.25, -0.2) is 4.99 Å². The number of rotatable bonds is 5. The van der Waals surface area contributed by atoms with Crippen LogP contribution in [0.5, 0.6) is 11.5 Å². The third-order valence-corrected chi connectivity index (χ3v) is 4.27. The molecule has 1 aliphatic rings. The second-order valence-corrected chi connectivity index (χ2v) is 5.98. The minimum atomic E-state index is 0.655. The number of ether oxygens (including phenoxy) is 2. The lowest BCUT2D eigenvalue weighted by molar-refractivity contribution is 0.294. The van der Waals surface area contributed by atoms with Crippen LogP contribution < -0.4 is 14.8 Å². The maximum atomic E-state index is 5.83. The Morgan fingerprint density at radius 3 is 2.64 bits per heavy atom. The highest BCUT2D eigenvalue weighted by Gasteiger charge is 2.17. The van der Waals surface area contributed by atoms with Gasteiger partial charge in [-0.05, 0) is 42.1 Å². The van der Waals surface area contributed by atoms with Gasteiger partial charge in [-0.2, -0.15) is 0 Å². The fourth-order valence-electron chi connectivity index (χ4n) is 3.08. The van der Waals surface area contributed by atoms with E-state index in [4.69, 9.17) is 14.5 Å². The van der Waals surface area contributed by atoms with Crippen molar-refractivity contribution in [1.29, 1.82) is 0 Å². The lowest BCUT2D eigenvalue weighted by Crippen LogP contribution is -2.16. The van der Waals surface area contributed by atoms with Crippen LogP contribution in [-0.4, -0.2) is 19.6 Å². The molecule has 0 saturated carbocycles. The molecular weight excluding hydrogens is 312 g/mol. The first-order valence-electron chi connectivity index (χ1n) is 8.49. The van der Waals surface area contributed by atoms with Gasteiger partial charge in [0.15, 0.2) is 11.5 Å². The molecule has 0 aliphatic carbocycles. The van der Waals surface area contributed by atoms with Gasteiger partial charge >= 0.3 is 0 Å². The van der Waals surface area contributed by atoms with E-state index < -0.39 is 0 Å². The second-order valence-electron chi connectivity index (χ2n) is 5.98. The largest absolute Gasteiger partial charge is 0.493 e. The molecule has 0 radical (unpaired) electrons. The van der Waals surface area contributed by atoms with E-state index in [2.05, 4.69) is 36.5 Å². The maximum Gasteiger partial charge on any atom is 0.161 e. The number of benzene rings is 3. The molecule has 0 atom stereocenters. The first-order valence-corrected chi connectivity index (χ1v) is 8.49. The molecule has 3 aromatic carbocycles. The summed E-state index contributed by atoms with van der Waals surface area (Å²) in [4.78, 5) is 4.82. The topological polar surface area (TPSA) is 42.8 Å². The molecule has 1 heterocycles. The average Bonchev–Trinajstić information content (AvgIpc) is 2.66. The van der Waals surface area contributed by atoms with E-state index in [-0.39, 0.29) is 0 Å². The highest BCUT2D eigenvalue weighted by molar-refractivity contribution is 6.19. The summed E-state index contributed by atoms with van der Waals surface area (Å²) in [6.45, 7) is 2.74. The summed E-state index contributed by atoms with van der Waals surface area (Å²) in [6, 6.07) is 18.3. The van der Waals surface area contributed by atoms with E-state index in [9.17, 15) is 0 Å². The first kappa shape index (κ1) is 15.5. The van der Waals surface area contributed by atoms with Crippen LogP contribution in [0.2, 0.25) is 0 Å². The molecule has 4 nitrogen and oxygen atoms in total. The van der Waals surface area contributed by atoms with Crippen molar-refractivity contribution in [3.8, 4) is 11.5 Å². The van der Waals surface area contributed by atoms with E-state index in [0.717, 1.165) is 46.1 Å². The molecule has 126 valence electrons. The molecule has 0 amide bonds. The Kier molecular flexibility index (Phi) is 4.02. The van der Waals surface area contributed by atoms with E-state index >= 15 is 0 Å². The predicted molar refractivity (Wildman–Crippen MR) is 103 cm³/mol. The van der Waals surface area contributed by atoms with E-state index in [0.29, 0.717) is 6.61 Å². The van der Waals surface area contributed by atoms with Gasteiger partial charge in [-0.15, -0.1) is 0 Å². The van der Waals surface area contributed by atoms with Crippen LogP contribution in [-0.2, 0) is 0 Å². The number of anilines is 1. The number of hydrogen-bond donors (Lipinski definition) is 1. The summed E-state index contributed by atoms with van der Waals surface area (Å²) in [6.07, 6.45) is 0.946. The fourth-order valence-corrected chi connectivity index (χ4v) is 3.08. The predicted octanol–water partition coefficient (Wildman–Crippen LogP) is 5.14. The van der Waals surface area contributed by atoms with Crippen molar-refractivity contribution in [3.63, 3.8) is 0 Å². The smallest absolute Gasteiger partial charge is 0.161 e. The molecule has 4 rings (SSSR count). The van der Waals surface area contributed by atoms with Crippen LogP contribution in [0.25, 0.3) is 10.8 Å². The number of amidine groups is 1. The highest BCUT2D eigenvalue weighted by Crippen LogP contribution is 2.37. The Morgan fingerprint density at radius 1 is 1.00 bits per heavy atom. The van der Waals surface area contributed by atoms with Crippen LogP contribution in [0, 0.1) is 0 Å². The van der Waals surface area contributed by atoms with Crippen molar-refractivity contribution in [3.05, 3.63) is 60.2 Å². The Morgan fingerprint density at radius 2 is 1.84 bits per heavy atom. The van der Waals surface area contributed by atoms with Gasteiger partial charge in [-0.1, -0.05) is 31.2 Å². The number of nitrogens with zero attached hydrogens (tertiary/aromatic N) is 1. The van der Waals surface area contributed by atoms with Crippen molar-refractivity contribution in [2.45, 2.75) is 13.3 Å². The summed E-state index contributed by atoms with van der Waals surface area (Å²) < 4.78 is 11.2. The van der Waals surface area contributed by atoms with Crippen LogP contribution >= 0.6 is 0 Å². The van der Waals surface area contributed by atoms with Crippen molar-refractivity contribution >= 4 is 28.0 Å². The number of aliphatic imine (C=N–C) groups is 1. The van der Waals surface area contributed by atoms with Gasteiger partial charge in [0.05, 0.1) is 19.4 Å². The zero-order valence-electron chi connectivity index (χ0n) is 14.4. The number of hydrogen-bond acceptors (Lipinski definition) is 4. The minimum Gasteiger partial charge on any atom is -0.493 e. The highest BCUT2D eigenvalue weighted by atomic mass is 16.5. The Balaban J connectivity index is 1.78. The van der Waals surface area contributed by atoms with Gasteiger partial charge in [-0.3, -0.25) is 0 Å². The van der Waals surface area contributed by atoms with Gasteiger partial charge in [0.25, 0.3) is 0 Å². The Labute approximate surface area is 147 Å². The lowest BCUT2D eigenvalue weighted by atomic mass is 10.0. The zero-order chi connectivity index (χ0) is 17.2. The molecule has 0 saturated heterocycles. The molecule has 3 aromatic rings. The summed E-state index contributed by atoms with van der Waals surface area (Å²) in [7, 11) is 1.65. The van der Waals surface area contributed by atoms with Crippen molar-refractivity contribution in [2.24, 2.45) is 4.99 Å². The summed E-state index contributed by atoms with van der Waals surface area (Å²) in [5.41, 5.74) is 3.03. The fraction of sp³-hybridized carbons (Fsp3) is 0.190. The van der Waals surface area contributed by atoms with E-state index in [1.54, 1.807) is 7.11 Å². The van der Waals surface area contributed by atoms with Crippen LogP contribution in [0.3, 0.4) is 0 Å². The van der Waals surface area contributed by atoms with E-state index in [1.165, 1.54) is 5.39 Å². The summed E-state index contributed by atoms with van der Waals surface area (Å²) in [5, 5.41) is 5.80. The van der Waals surface area contributed by atoms with Crippen molar-refractivity contribution in [1.82, 2.24) is 0 Å². The lowest BCUT2D eigenvalue weighted by Gasteiger charge is -2.20. The van der Waals surface area contributed by atoms with E-state index in [1.807, 2.05) is 30.3 Å². The molecule has 0 unspecified atom stereocenters. The molecule has 25 heavy (non-hydrogen) atoms. The quantitative estimate of drug-likeness (QED) is 0.703. The maximum absolute atomic E-state index is 5.83. The third-order valence-electron chi connectivity index (χ3n) is 4.27. The molecule has 0 bridgehead atoms. The molecule has 1 N–H and O–H groups in total. The Hall–Kier alpha value is -3.01.